The van der Waals surface area contributed by atoms with Crippen molar-refractivity contribution in [3.05, 3.63) is 35.9 Å². The molecule has 0 aromatic heterocycles. The third-order valence-electron chi connectivity index (χ3n) is 8.53. The Kier molecular flexibility index (Phi) is 7.42. The Morgan fingerprint density at radius 1 is 0.943 bits per heavy atom. The molecule has 7 nitrogen and oxygen atoms in total. The van der Waals surface area contributed by atoms with E-state index in [1.54, 1.807) is 4.90 Å². The fraction of sp³-hybridized carbons (Fsp3) is 0.679. The second-order valence-electron chi connectivity index (χ2n) is 11.0. The zero-order chi connectivity index (χ0) is 24.3. The summed E-state index contributed by atoms with van der Waals surface area (Å²) < 4.78 is 6.29. The SMILES string of the molecule is O=C1CCCN1CCCN1C[C@H](OCc2ccccc2)CN(C(=O)[C@@H]2CC23CCCCC3)CC1=O. The molecule has 7 heteroatoms. The molecular weight excluding hydrogens is 442 g/mol. The molecule has 4 fully saturated rings. The first-order valence-electron chi connectivity index (χ1n) is 13.5. The molecule has 0 N–H and O–H groups in total. The highest BCUT2D eigenvalue weighted by atomic mass is 16.5. The summed E-state index contributed by atoms with van der Waals surface area (Å²) >= 11 is 0. The molecule has 2 atom stereocenters. The lowest BCUT2D eigenvalue weighted by molar-refractivity contribution is -0.140. The van der Waals surface area contributed by atoms with E-state index in [2.05, 4.69) is 0 Å². The number of carbonyl (C=O) groups excluding carboxylic acids is 3. The standard InChI is InChI=1S/C28H39N3O4/c32-25-11-7-14-29(25)15-8-16-30-18-23(35-21-22-9-3-1-4-10-22)19-31(20-26(30)33)27(34)24-17-28(24)12-5-2-6-13-28/h1,3-4,9-10,23-24H,2,5-8,11-21H2/t23-,24-/m0/s1. The normalized spacial score (nSPS) is 26.3. The van der Waals surface area contributed by atoms with E-state index in [0.717, 1.165) is 44.2 Å². The molecule has 2 saturated carbocycles. The number of amides is 3. The Morgan fingerprint density at radius 2 is 1.71 bits per heavy atom. The summed E-state index contributed by atoms with van der Waals surface area (Å²) in [6.45, 7) is 3.64. The maximum absolute atomic E-state index is 13.5. The van der Waals surface area contributed by atoms with Gasteiger partial charge in [0.2, 0.25) is 17.7 Å². The first kappa shape index (κ1) is 24.3. The first-order chi connectivity index (χ1) is 17.0. The van der Waals surface area contributed by atoms with Crippen molar-refractivity contribution in [2.45, 2.75) is 70.5 Å². The van der Waals surface area contributed by atoms with Crippen molar-refractivity contribution in [1.82, 2.24) is 14.7 Å². The molecule has 5 rings (SSSR count). The Labute approximate surface area is 208 Å². The van der Waals surface area contributed by atoms with Crippen molar-refractivity contribution >= 4 is 17.7 Å². The highest BCUT2D eigenvalue weighted by Crippen LogP contribution is 2.62. The van der Waals surface area contributed by atoms with E-state index in [1.807, 2.05) is 40.1 Å². The second-order valence-corrected chi connectivity index (χ2v) is 11.0. The zero-order valence-electron chi connectivity index (χ0n) is 20.8. The van der Waals surface area contributed by atoms with Crippen LogP contribution in [0.1, 0.15) is 63.4 Å². The molecule has 1 aromatic rings. The quantitative estimate of drug-likeness (QED) is 0.572. The van der Waals surface area contributed by atoms with E-state index in [1.165, 1.54) is 19.3 Å². The lowest BCUT2D eigenvalue weighted by Gasteiger charge is -2.27. The molecule has 0 bridgehead atoms. The largest absolute Gasteiger partial charge is 0.370 e. The zero-order valence-corrected chi connectivity index (χ0v) is 20.8. The van der Waals surface area contributed by atoms with E-state index in [0.29, 0.717) is 39.2 Å². The third-order valence-corrected chi connectivity index (χ3v) is 8.53. The number of hydrogen-bond acceptors (Lipinski definition) is 4. The molecule has 2 aliphatic heterocycles. The summed E-state index contributed by atoms with van der Waals surface area (Å²) in [5.74, 6) is 0.445. The fourth-order valence-corrected chi connectivity index (χ4v) is 6.38. The summed E-state index contributed by atoms with van der Waals surface area (Å²) in [6, 6.07) is 10.0. The molecule has 2 saturated heterocycles. The van der Waals surface area contributed by atoms with Gasteiger partial charge in [0.25, 0.3) is 0 Å². The molecule has 35 heavy (non-hydrogen) atoms. The molecule has 1 aromatic carbocycles. The highest BCUT2D eigenvalue weighted by molar-refractivity contribution is 5.88. The molecule has 3 amide bonds. The van der Waals surface area contributed by atoms with Gasteiger partial charge < -0.3 is 19.4 Å². The van der Waals surface area contributed by atoms with Crippen molar-refractivity contribution in [2.24, 2.45) is 11.3 Å². The number of likely N-dealkylation sites (tertiary alicyclic amines) is 1. The monoisotopic (exact) mass is 481 g/mol. The van der Waals surface area contributed by atoms with Crippen molar-refractivity contribution in [3.63, 3.8) is 0 Å². The van der Waals surface area contributed by atoms with E-state index >= 15 is 0 Å². The second kappa shape index (κ2) is 10.7. The van der Waals surface area contributed by atoms with Gasteiger partial charge in [-0.05, 0) is 43.1 Å². The van der Waals surface area contributed by atoms with E-state index in [4.69, 9.17) is 4.74 Å². The van der Waals surface area contributed by atoms with Crippen molar-refractivity contribution in [3.8, 4) is 0 Å². The summed E-state index contributed by atoms with van der Waals surface area (Å²) in [5.41, 5.74) is 1.29. The Balaban J connectivity index is 1.23. The Bertz CT molecular complexity index is 914. The van der Waals surface area contributed by atoms with Crippen LogP contribution >= 0.6 is 0 Å². The topological polar surface area (TPSA) is 70.2 Å². The maximum Gasteiger partial charge on any atom is 0.242 e. The minimum Gasteiger partial charge on any atom is -0.370 e. The van der Waals surface area contributed by atoms with Gasteiger partial charge in [-0.15, -0.1) is 0 Å². The molecule has 0 radical (unpaired) electrons. The first-order valence-corrected chi connectivity index (χ1v) is 13.5. The summed E-state index contributed by atoms with van der Waals surface area (Å²) in [5, 5.41) is 0. The van der Waals surface area contributed by atoms with E-state index in [9.17, 15) is 14.4 Å². The number of ether oxygens (including phenoxy) is 1. The number of nitrogens with zero attached hydrogens (tertiary/aromatic N) is 3. The van der Waals surface area contributed by atoms with E-state index < -0.39 is 0 Å². The smallest absolute Gasteiger partial charge is 0.242 e. The highest BCUT2D eigenvalue weighted by Gasteiger charge is 2.58. The minimum absolute atomic E-state index is 0.00439. The van der Waals surface area contributed by atoms with Crippen LogP contribution in [0.25, 0.3) is 0 Å². The average Bonchev–Trinajstić information content (AvgIpc) is 3.45. The van der Waals surface area contributed by atoms with Crippen LogP contribution in [0.2, 0.25) is 0 Å². The lowest BCUT2D eigenvalue weighted by atomic mass is 9.84. The summed E-state index contributed by atoms with van der Waals surface area (Å²) in [7, 11) is 0. The molecule has 0 unspecified atom stereocenters. The number of carbonyl (C=O) groups is 3. The number of rotatable bonds is 8. The van der Waals surface area contributed by atoms with Crippen LogP contribution in [0.3, 0.4) is 0 Å². The molecule has 4 aliphatic rings. The van der Waals surface area contributed by atoms with Gasteiger partial charge in [0, 0.05) is 45.1 Å². The van der Waals surface area contributed by atoms with Crippen molar-refractivity contribution in [1.29, 1.82) is 0 Å². The van der Waals surface area contributed by atoms with Crippen LogP contribution in [0.5, 0.6) is 0 Å². The van der Waals surface area contributed by atoms with Gasteiger partial charge in [-0.2, -0.15) is 0 Å². The van der Waals surface area contributed by atoms with E-state index in [-0.39, 0.29) is 41.7 Å². The lowest BCUT2D eigenvalue weighted by Crippen LogP contribution is -2.41. The Hall–Kier alpha value is -2.41. The van der Waals surface area contributed by atoms with Gasteiger partial charge in [0.1, 0.15) is 0 Å². The molecule has 2 heterocycles. The predicted molar refractivity (Wildman–Crippen MR) is 132 cm³/mol. The maximum atomic E-state index is 13.5. The van der Waals surface area contributed by atoms with Gasteiger partial charge in [-0.1, -0.05) is 49.6 Å². The number of benzene rings is 1. The molecule has 190 valence electrons. The van der Waals surface area contributed by atoms with Gasteiger partial charge in [-0.25, -0.2) is 0 Å². The summed E-state index contributed by atoms with van der Waals surface area (Å²) in [4.78, 5) is 44.3. The van der Waals surface area contributed by atoms with Crippen LogP contribution in [-0.2, 0) is 25.7 Å². The van der Waals surface area contributed by atoms with Crippen LogP contribution < -0.4 is 0 Å². The van der Waals surface area contributed by atoms with Crippen molar-refractivity contribution < 1.29 is 19.1 Å². The number of hydrogen-bond donors (Lipinski definition) is 0. The van der Waals surface area contributed by atoms with Crippen molar-refractivity contribution in [2.75, 3.05) is 39.3 Å². The predicted octanol–water partition coefficient (Wildman–Crippen LogP) is 3.23. The van der Waals surface area contributed by atoms with Gasteiger partial charge in [-0.3, -0.25) is 14.4 Å². The Morgan fingerprint density at radius 3 is 2.46 bits per heavy atom. The van der Waals surface area contributed by atoms with Crippen LogP contribution in [0.4, 0.5) is 0 Å². The minimum atomic E-state index is -0.222. The van der Waals surface area contributed by atoms with Crippen LogP contribution in [-0.4, -0.2) is 77.8 Å². The summed E-state index contributed by atoms with van der Waals surface area (Å²) in [6.07, 6.45) is 9.10. The van der Waals surface area contributed by atoms with Gasteiger partial charge >= 0.3 is 0 Å². The van der Waals surface area contributed by atoms with Crippen LogP contribution in [0.15, 0.2) is 30.3 Å². The molecule has 1 spiro atoms. The van der Waals surface area contributed by atoms with Gasteiger partial charge in [0.15, 0.2) is 0 Å². The average molecular weight is 482 g/mol. The fourth-order valence-electron chi connectivity index (χ4n) is 6.38. The van der Waals surface area contributed by atoms with Gasteiger partial charge in [0.05, 0.1) is 19.3 Å². The van der Waals surface area contributed by atoms with Crippen LogP contribution in [0, 0.1) is 11.3 Å². The molecular formula is C28H39N3O4. The molecule has 2 aliphatic carbocycles. The third kappa shape index (κ3) is 5.71.